The number of nitrogens with two attached hydrogens (primary N) is 1. The normalized spacial score (nSPS) is 10.4. The molecule has 0 fully saturated rings. The number of halogens is 3. The highest BCUT2D eigenvalue weighted by Crippen LogP contribution is 2.16. The van der Waals surface area contributed by atoms with Gasteiger partial charge in [-0.15, -0.1) is 0 Å². The molecule has 2 aromatic carbocycles. The SMILES string of the molecule is Nc1cc(C(=O)NCCc2ccccc2F)c(F)cc1F. The zero-order chi connectivity index (χ0) is 15.4. The van der Waals surface area contributed by atoms with Crippen LogP contribution in [-0.2, 0) is 6.42 Å². The molecule has 6 heteroatoms. The van der Waals surface area contributed by atoms with Crippen molar-refractivity contribution in [3.63, 3.8) is 0 Å². The molecule has 0 saturated heterocycles. The highest BCUT2D eigenvalue weighted by atomic mass is 19.1. The van der Waals surface area contributed by atoms with Crippen LogP contribution in [0.15, 0.2) is 36.4 Å². The lowest BCUT2D eigenvalue weighted by Crippen LogP contribution is -2.27. The summed E-state index contributed by atoms with van der Waals surface area (Å²) in [6.45, 7) is 0.122. The first-order valence-corrected chi connectivity index (χ1v) is 6.25. The molecular weight excluding hydrogens is 281 g/mol. The van der Waals surface area contributed by atoms with E-state index in [1.54, 1.807) is 18.2 Å². The Morgan fingerprint density at radius 2 is 1.76 bits per heavy atom. The van der Waals surface area contributed by atoms with Gasteiger partial charge in [0.05, 0.1) is 11.3 Å². The van der Waals surface area contributed by atoms with Crippen LogP contribution >= 0.6 is 0 Å². The molecule has 0 spiro atoms. The van der Waals surface area contributed by atoms with E-state index >= 15 is 0 Å². The van der Waals surface area contributed by atoms with Gasteiger partial charge in [0.1, 0.15) is 17.5 Å². The van der Waals surface area contributed by atoms with Crippen LogP contribution in [0.1, 0.15) is 15.9 Å². The number of nitrogens with one attached hydrogen (secondary N) is 1. The Morgan fingerprint density at radius 3 is 2.48 bits per heavy atom. The van der Waals surface area contributed by atoms with Crippen molar-refractivity contribution >= 4 is 11.6 Å². The molecule has 3 nitrogen and oxygen atoms in total. The summed E-state index contributed by atoms with van der Waals surface area (Å²) >= 11 is 0. The van der Waals surface area contributed by atoms with Crippen molar-refractivity contribution in [3.8, 4) is 0 Å². The molecular formula is C15H13F3N2O. The van der Waals surface area contributed by atoms with Crippen molar-refractivity contribution in [1.29, 1.82) is 0 Å². The fourth-order valence-electron chi connectivity index (χ4n) is 1.85. The van der Waals surface area contributed by atoms with Gasteiger partial charge in [-0.3, -0.25) is 4.79 Å². The summed E-state index contributed by atoms with van der Waals surface area (Å²) in [7, 11) is 0. The predicted molar refractivity (Wildman–Crippen MR) is 73.2 cm³/mol. The Labute approximate surface area is 119 Å². The highest BCUT2D eigenvalue weighted by Gasteiger charge is 2.14. The zero-order valence-electron chi connectivity index (χ0n) is 11.0. The third-order valence-electron chi connectivity index (χ3n) is 2.97. The van der Waals surface area contributed by atoms with E-state index in [1.165, 1.54) is 6.07 Å². The average molecular weight is 294 g/mol. The van der Waals surface area contributed by atoms with Crippen molar-refractivity contribution in [1.82, 2.24) is 5.32 Å². The number of carbonyl (C=O) groups excluding carboxylic acids is 1. The Morgan fingerprint density at radius 1 is 1.05 bits per heavy atom. The van der Waals surface area contributed by atoms with Crippen LogP contribution in [-0.4, -0.2) is 12.5 Å². The van der Waals surface area contributed by atoms with E-state index in [9.17, 15) is 18.0 Å². The van der Waals surface area contributed by atoms with Gasteiger partial charge in [-0.05, 0) is 24.1 Å². The summed E-state index contributed by atoms with van der Waals surface area (Å²) in [5, 5.41) is 2.44. The van der Waals surface area contributed by atoms with Crippen molar-refractivity contribution in [3.05, 3.63) is 65.0 Å². The smallest absolute Gasteiger partial charge is 0.254 e. The molecule has 0 unspecified atom stereocenters. The second-order valence-corrected chi connectivity index (χ2v) is 4.45. The number of anilines is 1. The summed E-state index contributed by atoms with van der Waals surface area (Å²) in [5.41, 5.74) is 5.08. The van der Waals surface area contributed by atoms with Crippen LogP contribution in [0, 0.1) is 17.5 Å². The molecule has 110 valence electrons. The lowest BCUT2D eigenvalue weighted by atomic mass is 10.1. The summed E-state index contributed by atoms with van der Waals surface area (Å²) in [6.07, 6.45) is 0.261. The standard InChI is InChI=1S/C15H13F3N2O/c16-11-4-2-1-3-9(11)5-6-20-15(21)10-7-14(19)13(18)8-12(10)17/h1-4,7-8H,5-6,19H2,(H,20,21). The molecule has 0 aromatic heterocycles. The minimum Gasteiger partial charge on any atom is -0.396 e. The van der Waals surface area contributed by atoms with Gasteiger partial charge >= 0.3 is 0 Å². The molecule has 21 heavy (non-hydrogen) atoms. The van der Waals surface area contributed by atoms with E-state index in [4.69, 9.17) is 5.73 Å². The van der Waals surface area contributed by atoms with Crippen LogP contribution < -0.4 is 11.1 Å². The summed E-state index contributed by atoms with van der Waals surface area (Å²) in [6, 6.07) is 7.65. The van der Waals surface area contributed by atoms with Gasteiger partial charge in [0.15, 0.2) is 0 Å². The second kappa shape index (κ2) is 6.30. The maximum Gasteiger partial charge on any atom is 0.254 e. The fourth-order valence-corrected chi connectivity index (χ4v) is 1.85. The highest BCUT2D eigenvalue weighted by molar-refractivity contribution is 5.95. The quantitative estimate of drug-likeness (QED) is 0.852. The van der Waals surface area contributed by atoms with Crippen LogP contribution in [0.5, 0.6) is 0 Å². The largest absolute Gasteiger partial charge is 0.396 e. The molecule has 0 aliphatic heterocycles. The van der Waals surface area contributed by atoms with E-state index in [-0.39, 0.29) is 30.0 Å². The number of carbonyl (C=O) groups is 1. The molecule has 2 aromatic rings. The Balaban J connectivity index is 2.00. The molecule has 0 saturated carbocycles. The van der Waals surface area contributed by atoms with Crippen LogP contribution in [0.2, 0.25) is 0 Å². The van der Waals surface area contributed by atoms with Crippen molar-refractivity contribution < 1.29 is 18.0 Å². The van der Waals surface area contributed by atoms with E-state index in [0.717, 1.165) is 6.07 Å². The van der Waals surface area contributed by atoms with Crippen molar-refractivity contribution in [2.75, 3.05) is 12.3 Å². The maximum atomic E-state index is 13.5. The molecule has 0 radical (unpaired) electrons. The van der Waals surface area contributed by atoms with E-state index in [1.807, 2.05) is 0 Å². The van der Waals surface area contributed by atoms with E-state index < -0.39 is 17.5 Å². The van der Waals surface area contributed by atoms with Crippen LogP contribution in [0.4, 0.5) is 18.9 Å². The lowest BCUT2D eigenvalue weighted by molar-refractivity contribution is 0.0950. The van der Waals surface area contributed by atoms with Gasteiger partial charge < -0.3 is 11.1 Å². The van der Waals surface area contributed by atoms with E-state index in [2.05, 4.69) is 5.32 Å². The Hall–Kier alpha value is -2.50. The van der Waals surface area contributed by atoms with Gasteiger partial charge in [0.2, 0.25) is 0 Å². The number of nitrogen functional groups attached to an aromatic ring is 1. The zero-order valence-corrected chi connectivity index (χ0v) is 11.0. The monoisotopic (exact) mass is 294 g/mol. The Kier molecular flexibility index (Phi) is 4.47. The van der Waals surface area contributed by atoms with Gasteiger partial charge in [0, 0.05) is 12.6 Å². The first-order valence-electron chi connectivity index (χ1n) is 6.25. The van der Waals surface area contributed by atoms with Crippen LogP contribution in [0.3, 0.4) is 0 Å². The average Bonchev–Trinajstić information content (AvgIpc) is 2.44. The molecule has 0 heterocycles. The fraction of sp³-hybridized carbons (Fsp3) is 0.133. The molecule has 2 rings (SSSR count). The van der Waals surface area contributed by atoms with Crippen molar-refractivity contribution in [2.24, 2.45) is 0 Å². The molecule has 3 N–H and O–H groups in total. The number of hydrogen-bond donors (Lipinski definition) is 2. The third kappa shape index (κ3) is 3.53. The number of benzene rings is 2. The second-order valence-electron chi connectivity index (χ2n) is 4.45. The number of rotatable bonds is 4. The van der Waals surface area contributed by atoms with Gasteiger partial charge in [-0.2, -0.15) is 0 Å². The first-order chi connectivity index (χ1) is 9.99. The Bertz CT molecular complexity index is 674. The molecule has 0 aliphatic rings. The lowest BCUT2D eigenvalue weighted by Gasteiger charge is -2.08. The van der Waals surface area contributed by atoms with Gasteiger partial charge in [-0.1, -0.05) is 18.2 Å². The molecule has 0 aliphatic carbocycles. The van der Waals surface area contributed by atoms with Gasteiger partial charge in [-0.25, -0.2) is 13.2 Å². The first kappa shape index (κ1) is 14.9. The third-order valence-corrected chi connectivity index (χ3v) is 2.97. The van der Waals surface area contributed by atoms with Gasteiger partial charge in [0.25, 0.3) is 5.91 Å². The molecule has 0 atom stereocenters. The number of amides is 1. The van der Waals surface area contributed by atoms with E-state index in [0.29, 0.717) is 11.6 Å². The maximum absolute atomic E-state index is 13.5. The molecule has 0 bridgehead atoms. The number of hydrogen-bond acceptors (Lipinski definition) is 2. The molecule has 1 amide bonds. The summed E-state index contributed by atoms with van der Waals surface area (Å²) < 4.78 is 39.8. The summed E-state index contributed by atoms with van der Waals surface area (Å²) in [5.74, 6) is -3.01. The topological polar surface area (TPSA) is 55.1 Å². The van der Waals surface area contributed by atoms with Crippen molar-refractivity contribution in [2.45, 2.75) is 6.42 Å². The predicted octanol–water partition coefficient (Wildman–Crippen LogP) is 2.66. The minimum absolute atomic E-state index is 0.122. The summed E-state index contributed by atoms with van der Waals surface area (Å²) in [4.78, 5) is 11.8. The minimum atomic E-state index is -0.995. The van der Waals surface area contributed by atoms with Crippen LogP contribution in [0.25, 0.3) is 0 Å².